The van der Waals surface area contributed by atoms with Crippen LogP contribution in [-0.4, -0.2) is 19.8 Å². The fourth-order valence-electron chi connectivity index (χ4n) is 1.99. The average Bonchev–Trinajstić information content (AvgIpc) is 2.60. The summed E-state index contributed by atoms with van der Waals surface area (Å²) in [4.78, 5) is 0. The smallest absolute Gasteiger partial charge is 0.0500 e. The Balaban J connectivity index is 1.91. The van der Waals surface area contributed by atoms with Gasteiger partial charge in [0.05, 0.1) is 0 Å². The third-order valence-electron chi connectivity index (χ3n) is 2.69. The third-order valence-corrected chi connectivity index (χ3v) is 2.69. The highest BCUT2D eigenvalue weighted by molar-refractivity contribution is 4.98. The number of fused-ring (bicyclic) bond motifs is 1. The van der Waals surface area contributed by atoms with Crippen LogP contribution in [0.4, 0.5) is 0 Å². The molecule has 1 aliphatic heterocycles. The summed E-state index contributed by atoms with van der Waals surface area (Å²) in [6.07, 6.45) is 1.26. The van der Waals surface area contributed by atoms with E-state index in [2.05, 4.69) is 0 Å². The van der Waals surface area contributed by atoms with Crippen molar-refractivity contribution >= 4 is 0 Å². The van der Waals surface area contributed by atoms with Gasteiger partial charge in [-0.1, -0.05) is 0 Å². The van der Waals surface area contributed by atoms with Crippen LogP contribution < -0.4 is 5.73 Å². The van der Waals surface area contributed by atoms with Crippen molar-refractivity contribution in [2.75, 3.05) is 19.8 Å². The first-order valence-corrected chi connectivity index (χ1v) is 3.71. The van der Waals surface area contributed by atoms with Crippen molar-refractivity contribution < 1.29 is 4.74 Å². The Morgan fingerprint density at radius 1 is 1.44 bits per heavy atom. The summed E-state index contributed by atoms with van der Waals surface area (Å²) in [5, 5.41) is 0. The lowest BCUT2D eigenvalue weighted by Crippen LogP contribution is -2.07. The Morgan fingerprint density at radius 3 is 2.89 bits per heavy atom. The van der Waals surface area contributed by atoms with E-state index in [0.717, 1.165) is 37.5 Å². The first-order chi connectivity index (χ1) is 4.43. The summed E-state index contributed by atoms with van der Waals surface area (Å²) in [6, 6.07) is 0. The Morgan fingerprint density at radius 2 is 2.33 bits per heavy atom. The van der Waals surface area contributed by atoms with E-state index < -0.39 is 0 Å². The maximum Gasteiger partial charge on any atom is 0.0500 e. The highest BCUT2D eigenvalue weighted by Crippen LogP contribution is 2.49. The number of nitrogens with two attached hydrogens (primary N) is 1. The van der Waals surface area contributed by atoms with Gasteiger partial charge in [0.25, 0.3) is 0 Å². The molecule has 2 fully saturated rings. The van der Waals surface area contributed by atoms with Gasteiger partial charge in [-0.25, -0.2) is 0 Å². The average molecular weight is 127 g/mol. The molecule has 2 rings (SSSR count). The summed E-state index contributed by atoms with van der Waals surface area (Å²) >= 11 is 0. The number of ether oxygens (including phenoxy) is 1. The summed E-state index contributed by atoms with van der Waals surface area (Å²) in [5.74, 6) is 2.58. The molecule has 1 aliphatic carbocycles. The zero-order valence-corrected chi connectivity index (χ0v) is 5.55. The van der Waals surface area contributed by atoms with Crippen LogP contribution in [-0.2, 0) is 4.74 Å². The lowest BCUT2D eigenvalue weighted by Gasteiger charge is -2.07. The monoisotopic (exact) mass is 127 g/mol. The van der Waals surface area contributed by atoms with E-state index in [0.29, 0.717) is 0 Å². The van der Waals surface area contributed by atoms with Crippen LogP contribution in [0.3, 0.4) is 0 Å². The second-order valence-electron chi connectivity index (χ2n) is 3.09. The lowest BCUT2D eigenvalue weighted by atomic mass is 10.2. The maximum atomic E-state index is 5.54. The van der Waals surface area contributed by atoms with Gasteiger partial charge in [0.15, 0.2) is 0 Å². The Kier molecular flexibility index (Phi) is 1.24. The van der Waals surface area contributed by atoms with Gasteiger partial charge < -0.3 is 10.5 Å². The predicted octanol–water partition coefficient (Wildman–Crippen LogP) is 0.228. The Bertz CT molecular complexity index is 96.7. The van der Waals surface area contributed by atoms with Crippen molar-refractivity contribution in [3.8, 4) is 0 Å². The molecular formula is C7H13NO. The van der Waals surface area contributed by atoms with E-state index >= 15 is 0 Å². The van der Waals surface area contributed by atoms with Gasteiger partial charge in [-0.05, 0) is 30.7 Å². The van der Waals surface area contributed by atoms with Crippen molar-refractivity contribution in [1.82, 2.24) is 0 Å². The highest BCUT2D eigenvalue weighted by Gasteiger charge is 2.50. The quantitative estimate of drug-likeness (QED) is 0.547. The molecule has 2 nitrogen and oxygen atoms in total. The summed E-state index contributed by atoms with van der Waals surface area (Å²) in [6.45, 7) is 2.82. The lowest BCUT2D eigenvalue weighted by molar-refractivity contribution is 0.0885. The van der Waals surface area contributed by atoms with Gasteiger partial charge in [-0.15, -0.1) is 0 Å². The standard InChI is InChI=1S/C7H13NO/c8-3-6-5-1-2-9-4-7(5)6/h5-7H,1-4,8H2/t5-,6+,7+/m0/s1. The summed E-state index contributed by atoms with van der Waals surface area (Å²) in [7, 11) is 0. The highest BCUT2D eigenvalue weighted by atomic mass is 16.5. The van der Waals surface area contributed by atoms with Gasteiger partial charge in [0, 0.05) is 13.2 Å². The van der Waals surface area contributed by atoms with E-state index in [4.69, 9.17) is 10.5 Å². The molecule has 0 amide bonds. The topological polar surface area (TPSA) is 35.2 Å². The molecule has 52 valence electrons. The molecule has 1 saturated carbocycles. The van der Waals surface area contributed by atoms with Gasteiger partial charge >= 0.3 is 0 Å². The van der Waals surface area contributed by atoms with Crippen LogP contribution in [0.2, 0.25) is 0 Å². The van der Waals surface area contributed by atoms with E-state index in [1.54, 1.807) is 0 Å². The molecule has 3 atom stereocenters. The third kappa shape index (κ3) is 0.775. The first kappa shape index (κ1) is 5.69. The van der Waals surface area contributed by atoms with Crippen molar-refractivity contribution in [3.63, 3.8) is 0 Å². The molecule has 2 aliphatic rings. The van der Waals surface area contributed by atoms with Crippen LogP contribution >= 0.6 is 0 Å². The van der Waals surface area contributed by atoms with Crippen molar-refractivity contribution in [2.24, 2.45) is 23.5 Å². The number of rotatable bonds is 1. The minimum absolute atomic E-state index is 0.812. The second-order valence-corrected chi connectivity index (χ2v) is 3.09. The maximum absolute atomic E-state index is 5.54. The van der Waals surface area contributed by atoms with E-state index in [1.807, 2.05) is 0 Å². The normalized spacial score (nSPS) is 48.3. The molecule has 0 aromatic carbocycles. The molecular weight excluding hydrogens is 114 g/mol. The number of hydrogen-bond acceptors (Lipinski definition) is 2. The van der Waals surface area contributed by atoms with Gasteiger partial charge in [-0.3, -0.25) is 0 Å². The van der Waals surface area contributed by atoms with Crippen LogP contribution in [0.1, 0.15) is 6.42 Å². The summed E-state index contributed by atoms with van der Waals surface area (Å²) < 4.78 is 5.30. The van der Waals surface area contributed by atoms with E-state index in [9.17, 15) is 0 Å². The molecule has 0 radical (unpaired) electrons. The van der Waals surface area contributed by atoms with Crippen LogP contribution in [0.5, 0.6) is 0 Å². The van der Waals surface area contributed by atoms with Crippen LogP contribution in [0, 0.1) is 17.8 Å². The van der Waals surface area contributed by atoms with Crippen molar-refractivity contribution in [3.05, 3.63) is 0 Å². The molecule has 0 bridgehead atoms. The van der Waals surface area contributed by atoms with Crippen molar-refractivity contribution in [1.29, 1.82) is 0 Å². The van der Waals surface area contributed by atoms with Crippen molar-refractivity contribution in [2.45, 2.75) is 6.42 Å². The largest absolute Gasteiger partial charge is 0.381 e. The minimum Gasteiger partial charge on any atom is -0.381 e. The second kappa shape index (κ2) is 1.96. The molecule has 0 unspecified atom stereocenters. The summed E-state index contributed by atoms with van der Waals surface area (Å²) in [5.41, 5.74) is 5.54. The molecule has 1 saturated heterocycles. The molecule has 2 heteroatoms. The fraction of sp³-hybridized carbons (Fsp3) is 1.00. The van der Waals surface area contributed by atoms with Gasteiger partial charge in [0.2, 0.25) is 0 Å². The van der Waals surface area contributed by atoms with Crippen LogP contribution in [0.25, 0.3) is 0 Å². The minimum atomic E-state index is 0.812. The zero-order valence-electron chi connectivity index (χ0n) is 5.55. The molecule has 0 spiro atoms. The Hall–Kier alpha value is -0.0800. The molecule has 2 N–H and O–H groups in total. The van der Waals surface area contributed by atoms with E-state index in [-0.39, 0.29) is 0 Å². The van der Waals surface area contributed by atoms with Gasteiger partial charge in [0.1, 0.15) is 0 Å². The fourth-order valence-corrected chi connectivity index (χ4v) is 1.99. The van der Waals surface area contributed by atoms with Gasteiger partial charge in [-0.2, -0.15) is 0 Å². The predicted molar refractivity (Wildman–Crippen MR) is 35.0 cm³/mol. The zero-order chi connectivity index (χ0) is 6.27. The van der Waals surface area contributed by atoms with E-state index in [1.165, 1.54) is 6.42 Å². The SMILES string of the molecule is NC[C@@H]1[C@@H]2CCOC[C@@H]12. The molecule has 9 heavy (non-hydrogen) atoms. The molecule has 1 heterocycles. The molecule has 0 aromatic heterocycles. The first-order valence-electron chi connectivity index (χ1n) is 3.71. The Labute approximate surface area is 55.4 Å². The number of hydrogen-bond donors (Lipinski definition) is 1. The van der Waals surface area contributed by atoms with Crippen LogP contribution in [0.15, 0.2) is 0 Å². The molecule has 0 aromatic rings.